The zero-order valence-electron chi connectivity index (χ0n) is 12.3. The molecule has 0 bridgehead atoms. The summed E-state index contributed by atoms with van der Waals surface area (Å²) in [6.45, 7) is 2.53. The molecule has 0 radical (unpaired) electrons. The zero-order chi connectivity index (χ0) is 14.5. The monoisotopic (exact) mass is 278 g/mol. The number of nitrogens with one attached hydrogen (secondary N) is 1. The van der Waals surface area contributed by atoms with Crippen molar-refractivity contribution in [1.82, 2.24) is 15.2 Å². The van der Waals surface area contributed by atoms with Crippen LogP contribution in [0.25, 0.3) is 0 Å². The minimum absolute atomic E-state index is 0.0754. The third-order valence-electron chi connectivity index (χ3n) is 3.26. The number of morpholine rings is 1. The van der Waals surface area contributed by atoms with Crippen molar-refractivity contribution in [2.24, 2.45) is 0 Å². The summed E-state index contributed by atoms with van der Waals surface area (Å²) in [5.74, 6) is 0.805. The van der Waals surface area contributed by atoms with Crippen LogP contribution in [0.5, 0.6) is 0 Å². The second-order valence-electron chi connectivity index (χ2n) is 5.22. The van der Waals surface area contributed by atoms with E-state index in [9.17, 15) is 4.79 Å². The molecule has 1 aliphatic heterocycles. The average Bonchev–Trinajstić information content (AvgIpc) is 2.45. The number of anilines is 1. The molecule has 6 nitrogen and oxygen atoms in total. The fourth-order valence-corrected chi connectivity index (χ4v) is 2.04. The summed E-state index contributed by atoms with van der Waals surface area (Å²) < 4.78 is 5.48. The Bertz CT molecular complexity index is 464. The minimum Gasteiger partial charge on any atom is -0.366 e. The van der Waals surface area contributed by atoms with Gasteiger partial charge in [0.2, 0.25) is 0 Å². The maximum Gasteiger partial charge on any atom is 0.250 e. The van der Waals surface area contributed by atoms with E-state index in [0.717, 1.165) is 18.1 Å². The first kappa shape index (κ1) is 14.7. The van der Waals surface area contributed by atoms with Gasteiger partial charge in [-0.1, -0.05) is 6.07 Å². The molecule has 0 aliphatic carbocycles. The second-order valence-corrected chi connectivity index (χ2v) is 5.22. The summed E-state index contributed by atoms with van der Waals surface area (Å²) in [6, 6.07) is 5.78. The molecular formula is C14H22N4O2. The third kappa shape index (κ3) is 3.91. The molecule has 2 rings (SSSR count). The predicted molar refractivity (Wildman–Crippen MR) is 77.6 cm³/mol. The normalized spacial score (nSPS) is 19.6. The molecule has 0 saturated carbocycles. The van der Waals surface area contributed by atoms with Gasteiger partial charge in [-0.3, -0.25) is 4.79 Å². The number of likely N-dealkylation sites (N-methyl/N-ethyl adjacent to an activating group) is 1. The molecule has 2 heterocycles. The van der Waals surface area contributed by atoms with Crippen molar-refractivity contribution in [3.8, 4) is 0 Å². The highest BCUT2D eigenvalue weighted by Gasteiger charge is 2.24. The van der Waals surface area contributed by atoms with Gasteiger partial charge in [-0.15, -0.1) is 0 Å². The first-order valence-corrected chi connectivity index (χ1v) is 6.77. The number of pyridine rings is 1. The second kappa shape index (κ2) is 6.67. The SMILES string of the molecule is CN1CCOC(C(=O)NCc2cccc(N(C)C)n2)C1. The average molecular weight is 278 g/mol. The Hall–Kier alpha value is -1.66. The molecule has 20 heavy (non-hydrogen) atoms. The molecule has 1 aromatic heterocycles. The van der Waals surface area contributed by atoms with Crippen LogP contribution in [0.2, 0.25) is 0 Å². The largest absolute Gasteiger partial charge is 0.366 e. The van der Waals surface area contributed by atoms with E-state index >= 15 is 0 Å². The number of nitrogens with zero attached hydrogens (tertiary/aromatic N) is 3. The standard InChI is InChI=1S/C14H22N4O2/c1-17(2)13-6-4-5-11(16-13)9-15-14(19)12-10-18(3)7-8-20-12/h4-6,12H,7-10H2,1-3H3,(H,15,19). The van der Waals surface area contributed by atoms with E-state index in [1.54, 1.807) is 0 Å². The molecule has 1 atom stereocenters. The molecular weight excluding hydrogens is 256 g/mol. The van der Waals surface area contributed by atoms with Gasteiger partial charge in [-0.25, -0.2) is 4.98 Å². The molecule has 0 aromatic carbocycles. The van der Waals surface area contributed by atoms with E-state index in [2.05, 4.69) is 15.2 Å². The van der Waals surface area contributed by atoms with Crippen molar-refractivity contribution in [1.29, 1.82) is 0 Å². The van der Waals surface area contributed by atoms with E-state index in [0.29, 0.717) is 19.7 Å². The highest BCUT2D eigenvalue weighted by Crippen LogP contribution is 2.08. The summed E-state index contributed by atoms with van der Waals surface area (Å²) in [6.07, 6.45) is -0.384. The van der Waals surface area contributed by atoms with Gasteiger partial charge in [0.05, 0.1) is 18.8 Å². The maximum absolute atomic E-state index is 12.0. The number of aromatic nitrogens is 1. The van der Waals surface area contributed by atoms with Crippen LogP contribution in [-0.4, -0.2) is 62.7 Å². The van der Waals surface area contributed by atoms with E-state index < -0.39 is 0 Å². The molecule has 1 fully saturated rings. The number of rotatable bonds is 4. The smallest absolute Gasteiger partial charge is 0.250 e. The Morgan fingerprint density at radius 1 is 1.55 bits per heavy atom. The lowest BCUT2D eigenvalue weighted by molar-refractivity contribution is -0.138. The fourth-order valence-electron chi connectivity index (χ4n) is 2.04. The lowest BCUT2D eigenvalue weighted by Crippen LogP contribution is -2.48. The van der Waals surface area contributed by atoms with Crippen LogP contribution >= 0.6 is 0 Å². The predicted octanol–water partition coefficient (Wildman–Crippen LogP) is 0.0944. The summed E-state index contributed by atoms with van der Waals surface area (Å²) in [5.41, 5.74) is 0.841. The first-order valence-electron chi connectivity index (χ1n) is 6.77. The summed E-state index contributed by atoms with van der Waals surface area (Å²) in [7, 11) is 5.87. The quantitative estimate of drug-likeness (QED) is 0.846. The summed E-state index contributed by atoms with van der Waals surface area (Å²) >= 11 is 0. The highest BCUT2D eigenvalue weighted by molar-refractivity contribution is 5.81. The number of carbonyl (C=O) groups is 1. The Morgan fingerprint density at radius 3 is 3.05 bits per heavy atom. The molecule has 1 aromatic rings. The van der Waals surface area contributed by atoms with Crippen LogP contribution in [0.15, 0.2) is 18.2 Å². The highest BCUT2D eigenvalue weighted by atomic mass is 16.5. The van der Waals surface area contributed by atoms with Crippen LogP contribution in [0.4, 0.5) is 5.82 Å². The van der Waals surface area contributed by atoms with Gasteiger partial charge < -0.3 is 19.9 Å². The van der Waals surface area contributed by atoms with Crippen molar-refractivity contribution < 1.29 is 9.53 Å². The van der Waals surface area contributed by atoms with E-state index in [4.69, 9.17) is 4.74 Å². The van der Waals surface area contributed by atoms with Gasteiger partial charge in [0, 0.05) is 27.2 Å². The zero-order valence-corrected chi connectivity index (χ0v) is 12.3. The topological polar surface area (TPSA) is 57.7 Å². The Kier molecular flexibility index (Phi) is 4.92. The van der Waals surface area contributed by atoms with Gasteiger partial charge in [0.15, 0.2) is 0 Å². The summed E-state index contributed by atoms with van der Waals surface area (Å²) in [5, 5.41) is 2.88. The number of carbonyl (C=O) groups excluding carboxylic acids is 1. The molecule has 1 unspecified atom stereocenters. The molecule has 0 spiro atoms. The van der Waals surface area contributed by atoms with E-state index in [-0.39, 0.29) is 12.0 Å². The number of hydrogen-bond acceptors (Lipinski definition) is 5. The van der Waals surface area contributed by atoms with E-state index in [1.807, 2.05) is 44.2 Å². The van der Waals surface area contributed by atoms with Gasteiger partial charge >= 0.3 is 0 Å². The van der Waals surface area contributed by atoms with Crippen molar-refractivity contribution >= 4 is 11.7 Å². The van der Waals surface area contributed by atoms with Crippen LogP contribution < -0.4 is 10.2 Å². The Balaban J connectivity index is 1.88. The van der Waals surface area contributed by atoms with E-state index in [1.165, 1.54) is 0 Å². The van der Waals surface area contributed by atoms with Crippen molar-refractivity contribution in [3.05, 3.63) is 23.9 Å². The lowest BCUT2D eigenvalue weighted by atomic mass is 10.2. The van der Waals surface area contributed by atoms with Crippen molar-refractivity contribution in [2.45, 2.75) is 12.6 Å². The van der Waals surface area contributed by atoms with Crippen molar-refractivity contribution in [2.75, 3.05) is 45.7 Å². The lowest BCUT2D eigenvalue weighted by Gasteiger charge is -2.29. The Morgan fingerprint density at radius 2 is 2.35 bits per heavy atom. The fraction of sp³-hybridized carbons (Fsp3) is 0.571. The number of hydrogen-bond donors (Lipinski definition) is 1. The van der Waals surface area contributed by atoms with Gasteiger partial charge in [-0.05, 0) is 19.2 Å². The molecule has 110 valence electrons. The van der Waals surface area contributed by atoms with Gasteiger partial charge in [-0.2, -0.15) is 0 Å². The van der Waals surface area contributed by atoms with Gasteiger partial charge in [0.1, 0.15) is 11.9 Å². The molecule has 1 saturated heterocycles. The molecule has 1 amide bonds. The van der Waals surface area contributed by atoms with Crippen LogP contribution in [-0.2, 0) is 16.1 Å². The summed E-state index contributed by atoms with van der Waals surface area (Å²) in [4.78, 5) is 20.5. The van der Waals surface area contributed by atoms with Crippen molar-refractivity contribution in [3.63, 3.8) is 0 Å². The third-order valence-corrected chi connectivity index (χ3v) is 3.26. The Labute approximate surface area is 119 Å². The van der Waals surface area contributed by atoms with Gasteiger partial charge in [0.25, 0.3) is 5.91 Å². The van der Waals surface area contributed by atoms with Crippen LogP contribution in [0.1, 0.15) is 5.69 Å². The first-order chi connectivity index (χ1) is 9.56. The number of ether oxygens (including phenoxy) is 1. The van der Waals surface area contributed by atoms with Crippen LogP contribution in [0, 0.1) is 0 Å². The number of amides is 1. The maximum atomic E-state index is 12.0. The molecule has 6 heteroatoms. The minimum atomic E-state index is -0.384. The molecule has 1 aliphatic rings. The molecule has 1 N–H and O–H groups in total. The van der Waals surface area contributed by atoms with Crippen LogP contribution in [0.3, 0.4) is 0 Å².